The van der Waals surface area contributed by atoms with Crippen LogP contribution in [0, 0.1) is 0 Å². The fourth-order valence-corrected chi connectivity index (χ4v) is 4.40. The fourth-order valence-electron chi connectivity index (χ4n) is 3.53. The van der Waals surface area contributed by atoms with E-state index in [2.05, 4.69) is 0 Å². The first-order valence-corrected chi connectivity index (χ1v) is 10.7. The molecule has 1 aromatic carbocycles. The van der Waals surface area contributed by atoms with Crippen molar-refractivity contribution in [1.82, 2.24) is 9.21 Å². The fraction of sp³-hybridized carbons (Fsp3) is 0.611. The average molecular weight is 366 g/mol. The number of hydrogen-bond donors (Lipinski definition) is 0. The number of carbonyl (C=O) groups excluding carboxylic acids is 1. The monoisotopic (exact) mass is 366 g/mol. The summed E-state index contributed by atoms with van der Waals surface area (Å²) in [6.07, 6.45) is 4.71. The lowest BCUT2D eigenvalue weighted by atomic mass is 10.0. The molecular formula is C18H26N2O4S. The summed E-state index contributed by atoms with van der Waals surface area (Å²) in [7, 11) is -3.09. The van der Waals surface area contributed by atoms with Crippen LogP contribution < -0.4 is 0 Å². The van der Waals surface area contributed by atoms with Gasteiger partial charge in [-0.25, -0.2) is 12.7 Å². The zero-order valence-electron chi connectivity index (χ0n) is 14.6. The number of benzene rings is 1. The smallest absolute Gasteiger partial charge is 0.253 e. The van der Waals surface area contributed by atoms with Crippen LogP contribution in [0.4, 0.5) is 0 Å². The minimum Gasteiger partial charge on any atom is -0.375 e. The highest BCUT2D eigenvalue weighted by atomic mass is 32.2. The Hall–Kier alpha value is -1.44. The summed E-state index contributed by atoms with van der Waals surface area (Å²) in [6, 6.07) is 9.37. The van der Waals surface area contributed by atoms with Gasteiger partial charge in [0.15, 0.2) is 0 Å². The summed E-state index contributed by atoms with van der Waals surface area (Å²) < 4.78 is 30.8. The van der Waals surface area contributed by atoms with Crippen molar-refractivity contribution >= 4 is 15.9 Å². The Morgan fingerprint density at radius 1 is 0.960 bits per heavy atom. The van der Waals surface area contributed by atoms with E-state index in [0.29, 0.717) is 26.2 Å². The maximum Gasteiger partial charge on any atom is 0.253 e. The van der Waals surface area contributed by atoms with Gasteiger partial charge in [0.2, 0.25) is 10.0 Å². The van der Waals surface area contributed by atoms with Gasteiger partial charge >= 0.3 is 0 Å². The van der Waals surface area contributed by atoms with Gasteiger partial charge in [-0.3, -0.25) is 4.79 Å². The van der Waals surface area contributed by atoms with Crippen LogP contribution in [0.1, 0.15) is 36.0 Å². The second-order valence-corrected chi connectivity index (χ2v) is 8.84. The molecule has 0 radical (unpaired) electrons. The minimum atomic E-state index is -3.09. The lowest BCUT2D eigenvalue weighted by molar-refractivity contribution is -0.0557. The molecule has 2 heterocycles. The second kappa shape index (κ2) is 7.85. The van der Waals surface area contributed by atoms with Crippen LogP contribution in [-0.4, -0.2) is 68.2 Å². The molecule has 0 atom stereocenters. The zero-order valence-corrected chi connectivity index (χ0v) is 15.5. The van der Waals surface area contributed by atoms with E-state index in [1.165, 1.54) is 10.6 Å². The molecule has 138 valence electrons. The van der Waals surface area contributed by atoms with Crippen molar-refractivity contribution in [3.8, 4) is 0 Å². The number of sulfonamides is 1. The Labute approximate surface area is 149 Å². The molecule has 2 aliphatic rings. The maximum atomic E-state index is 12.4. The van der Waals surface area contributed by atoms with Gasteiger partial charge < -0.3 is 9.64 Å². The molecule has 2 aliphatic heterocycles. The van der Waals surface area contributed by atoms with Crippen molar-refractivity contribution < 1.29 is 17.9 Å². The zero-order chi connectivity index (χ0) is 17.9. The first-order valence-electron chi connectivity index (χ1n) is 8.88. The van der Waals surface area contributed by atoms with E-state index in [0.717, 1.165) is 31.2 Å². The summed E-state index contributed by atoms with van der Waals surface area (Å²) in [4.78, 5) is 14.3. The molecular weight excluding hydrogens is 340 g/mol. The third kappa shape index (κ3) is 4.80. The number of carbonyl (C=O) groups is 1. The van der Waals surface area contributed by atoms with E-state index in [1.54, 1.807) is 0 Å². The number of ether oxygens (including phenoxy) is 1. The van der Waals surface area contributed by atoms with Gasteiger partial charge in [-0.15, -0.1) is 0 Å². The van der Waals surface area contributed by atoms with Crippen molar-refractivity contribution in [2.45, 2.75) is 37.9 Å². The lowest BCUT2D eigenvalue weighted by Gasteiger charge is -2.36. The normalized spacial score (nSPS) is 21.4. The summed E-state index contributed by atoms with van der Waals surface area (Å²) in [5.74, 6) is 0.0838. The number of piperidine rings is 2. The van der Waals surface area contributed by atoms with Crippen LogP contribution in [-0.2, 0) is 14.8 Å². The van der Waals surface area contributed by atoms with Gasteiger partial charge in [-0.2, -0.15) is 0 Å². The number of nitrogens with zero attached hydrogens (tertiary/aromatic N) is 2. The molecule has 0 spiro atoms. The van der Waals surface area contributed by atoms with Crippen LogP contribution >= 0.6 is 0 Å². The van der Waals surface area contributed by atoms with Crippen molar-refractivity contribution in [3.63, 3.8) is 0 Å². The van der Waals surface area contributed by atoms with Gasteiger partial charge in [-0.05, 0) is 37.8 Å². The Bertz CT molecular complexity index is 676. The van der Waals surface area contributed by atoms with E-state index in [4.69, 9.17) is 4.74 Å². The maximum absolute atomic E-state index is 12.4. The van der Waals surface area contributed by atoms with E-state index < -0.39 is 10.0 Å². The Morgan fingerprint density at radius 2 is 1.48 bits per heavy atom. The Morgan fingerprint density at radius 3 is 2.00 bits per heavy atom. The van der Waals surface area contributed by atoms with Crippen LogP contribution in [0.2, 0.25) is 0 Å². The number of likely N-dealkylation sites (tertiary alicyclic amines) is 1. The van der Waals surface area contributed by atoms with Crippen LogP contribution in [0.15, 0.2) is 30.3 Å². The minimum absolute atomic E-state index is 0.0838. The molecule has 2 fully saturated rings. The quantitative estimate of drug-likeness (QED) is 0.814. The van der Waals surface area contributed by atoms with Gasteiger partial charge in [0.1, 0.15) is 0 Å². The van der Waals surface area contributed by atoms with Gasteiger partial charge in [-0.1, -0.05) is 18.2 Å². The molecule has 2 saturated heterocycles. The first-order chi connectivity index (χ1) is 11.9. The molecule has 0 aliphatic carbocycles. The Balaban J connectivity index is 1.44. The van der Waals surface area contributed by atoms with E-state index in [-0.39, 0.29) is 18.1 Å². The standard InChI is InChI=1S/C18H26N2O4S/c1-25(22,23)20-13-9-17(10-14-20)24-16-7-11-19(12-8-16)18(21)15-5-3-2-4-6-15/h2-6,16-17H,7-14H2,1H3. The highest BCUT2D eigenvalue weighted by molar-refractivity contribution is 7.88. The summed E-state index contributed by atoms with van der Waals surface area (Å²) in [5.41, 5.74) is 0.731. The second-order valence-electron chi connectivity index (χ2n) is 6.86. The van der Waals surface area contributed by atoms with E-state index >= 15 is 0 Å². The Kier molecular flexibility index (Phi) is 5.76. The van der Waals surface area contributed by atoms with Crippen molar-refractivity contribution in [1.29, 1.82) is 0 Å². The summed E-state index contributed by atoms with van der Waals surface area (Å²) in [5, 5.41) is 0. The summed E-state index contributed by atoms with van der Waals surface area (Å²) >= 11 is 0. The van der Waals surface area contributed by atoms with Crippen LogP contribution in [0.25, 0.3) is 0 Å². The topological polar surface area (TPSA) is 66.9 Å². The molecule has 6 nitrogen and oxygen atoms in total. The lowest BCUT2D eigenvalue weighted by Crippen LogP contribution is -2.44. The number of hydrogen-bond acceptors (Lipinski definition) is 4. The number of rotatable bonds is 4. The van der Waals surface area contributed by atoms with Crippen LogP contribution in [0.5, 0.6) is 0 Å². The molecule has 3 rings (SSSR count). The van der Waals surface area contributed by atoms with Crippen molar-refractivity contribution in [2.75, 3.05) is 32.4 Å². The molecule has 0 aromatic heterocycles. The first kappa shape index (κ1) is 18.4. The molecule has 0 N–H and O–H groups in total. The molecule has 25 heavy (non-hydrogen) atoms. The van der Waals surface area contributed by atoms with Crippen molar-refractivity contribution in [3.05, 3.63) is 35.9 Å². The average Bonchev–Trinajstić information content (AvgIpc) is 2.62. The molecule has 7 heteroatoms. The third-order valence-corrected chi connectivity index (χ3v) is 6.31. The van der Waals surface area contributed by atoms with Gasteiger partial charge in [0.05, 0.1) is 18.5 Å². The van der Waals surface area contributed by atoms with Crippen LogP contribution in [0.3, 0.4) is 0 Å². The molecule has 0 bridgehead atoms. The third-order valence-electron chi connectivity index (χ3n) is 5.00. The molecule has 1 aromatic rings. The van der Waals surface area contributed by atoms with E-state index in [9.17, 15) is 13.2 Å². The summed E-state index contributed by atoms with van der Waals surface area (Å²) in [6.45, 7) is 2.49. The molecule has 0 saturated carbocycles. The highest BCUT2D eigenvalue weighted by Gasteiger charge is 2.29. The van der Waals surface area contributed by atoms with Gasteiger partial charge in [0, 0.05) is 31.7 Å². The molecule has 1 amide bonds. The SMILES string of the molecule is CS(=O)(=O)N1CCC(OC2CCN(C(=O)c3ccccc3)CC2)CC1. The molecule has 0 unspecified atom stereocenters. The highest BCUT2D eigenvalue weighted by Crippen LogP contribution is 2.22. The largest absolute Gasteiger partial charge is 0.375 e. The number of amides is 1. The van der Waals surface area contributed by atoms with Gasteiger partial charge in [0.25, 0.3) is 5.91 Å². The van der Waals surface area contributed by atoms with E-state index in [1.807, 2.05) is 35.2 Å². The predicted molar refractivity (Wildman–Crippen MR) is 95.9 cm³/mol. The predicted octanol–water partition coefficient (Wildman–Crippen LogP) is 1.73. The van der Waals surface area contributed by atoms with Crippen molar-refractivity contribution in [2.24, 2.45) is 0 Å².